The molecule has 108 valence electrons. The van der Waals surface area contributed by atoms with Crippen molar-refractivity contribution < 1.29 is 17.9 Å². The van der Waals surface area contributed by atoms with Crippen LogP contribution in [0.2, 0.25) is 0 Å². The Balaban J connectivity index is 2.62. The molecule has 0 saturated carbocycles. The highest BCUT2D eigenvalue weighted by Crippen LogP contribution is 2.29. The van der Waals surface area contributed by atoms with Gasteiger partial charge in [-0.15, -0.1) is 11.6 Å². The summed E-state index contributed by atoms with van der Waals surface area (Å²) < 4.78 is 42.6. The number of methoxy groups -OCH3 is 1. The van der Waals surface area contributed by atoms with E-state index in [1.54, 1.807) is 13.2 Å². The third kappa shape index (κ3) is 5.80. The SMILES string of the molecule is COCC(Cl)CN(C)Cc1cccc(C(F)(F)F)c1. The Kier molecular flexibility index (Phi) is 6.10. The van der Waals surface area contributed by atoms with Crippen molar-refractivity contribution >= 4 is 11.6 Å². The molecule has 0 aliphatic heterocycles. The summed E-state index contributed by atoms with van der Waals surface area (Å²) >= 11 is 6.00. The number of ether oxygens (including phenoxy) is 1. The zero-order chi connectivity index (χ0) is 14.5. The summed E-state index contributed by atoms with van der Waals surface area (Å²) in [6.07, 6.45) is -4.31. The minimum atomic E-state index is -4.31. The molecule has 1 aromatic rings. The Morgan fingerprint density at radius 3 is 2.63 bits per heavy atom. The molecule has 0 spiro atoms. The topological polar surface area (TPSA) is 12.5 Å². The number of alkyl halides is 4. The Hall–Kier alpha value is -0.780. The number of hydrogen-bond acceptors (Lipinski definition) is 2. The van der Waals surface area contributed by atoms with Crippen molar-refractivity contribution in [1.29, 1.82) is 0 Å². The Morgan fingerprint density at radius 1 is 1.37 bits per heavy atom. The predicted molar refractivity (Wildman–Crippen MR) is 69.3 cm³/mol. The number of hydrogen-bond donors (Lipinski definition) is 0. The molecule has 1 unspecified atom stereocenters. The van der Waals surface area contributed by atoms with Gasteiger partial charge in [0.1, 0.15) is 0 Å². The van der Waals surface area contributed by atoms with Gasteiger partial charge in [-0.2, -0.15) is 13.2 Å². The molecule has 0 radical (unpaired) electrons. The van der Waals surface area contributed by atoms with E-state index in [9.17, 15) is 13.2 Å². The summed E-state index contributed by atoms with van der Waals surface area (Å²) in [5.41, 5.74) is -0.0173. The van der Waals surface area contributed by atoms with E-state index in [4.69, 9.17) is 16.3 Å². The molecule has 0 amide bonds. The minimum absolute atomic E-state index is 0.180. The smallest absolute Gasteiger partial charge is 0.383 e. The van der Waals surface area contributed by atoms with E-state index < -0.39 is 11.7 Å². The summed E-state index contributed by atoms with van der Waals surface area (Å²) in [6.45, 7) is 1.37. The maximum absolute atomic E-state index is 12.6. The van der Waals surface area contributed by atoms with Gasteiger partial charge in [0.2, 0.25) is 0 Å². The molecule has 0 aromatic heterocycles. The van der Waals surface area contributed by atoms with Crippen molar-refractivity contribution in [2.45, 2.75) is 18.1 Å². The first-order valence-corrected chi connectivity index (χ1v) is 6.24. The van der Waals surface area contributed by atoms with Crippen LogP contribution >= 0.6 is 11.6 Å². The van der Waals surface area contributed by atoms with Gasteiger partial charge in [-0.05, 0) is 18.7 Å². The van der Waals surface area contributed by atoms with Crippen LogP contribution in [-0.4, -0.2) is 37.6 Å². The largest absolute Gasteiger partial charge is 0.416 e. The van der Waals surface area contributed by atoms with Crippen LogP contribution in [0.4, 0.5) is 13.2 Å². The number of halogens is 4. The summed E-state index contributed by atoms with van der Waals surface area (Å²) in [4.78, 5) is 1.87. The van der Waals surface area contributed by atoms with Crippen molar-refractivity contribution in [2.24, 2.45) is 0 Å². The van der Waals surface area contributed by atoms with Crippen LogP contribution in [0, 0.1) is 0 Å². The summed E-state index contributed by atoms with van der Waals surface area (Å²) in [5, 5.41) is -0.180. The Morgan fingerprint density at radius 2 is 2.05 bits per heavy atom. The van der Waals surface area contributed by atoms with Crippen molar-refractivity contribution in [3.8, 4) is 0 Å². The fraction of sp³-hybridized carbons (Fsp3) is 0.538. The molecule has 0 aliphatic carbocycles. The fourth-order valence-electron chi connectivity index (χ4n) is 1.79. The molecule has 0 fully saturated rings. The van der Waals surface area contributed by atoms with Crippen LogP contribution in [0.25, 0.3) is 0 Å². The zero-order valence-corrected chi connectivity index (χ0v) is 11.6. The third-order valence-corrected chi connectivity index (χ3v) is 2.83. The molecular weight excluding hydrogens is 279 g/mol. The summed E-state index contributed by atoms with van der Waals surface area (Å²) in [6, 6.07) is 5.32. The van der Waals surface area contributed by atoms with Gasteiger partial charge < -0.3 is 9.64 Å². The predicted octanol–water partition coefficient (Wildman–Crippen LogP) is 3.39. The summed E-state index contributed by atoms with van der Waals surface area (Å²) in [7, 11) is 3.37. The normalized spacial score (nSPS) is 13.8. The molecule has 0 bridgehead atoms. The Bertz CT molecular complexity index is 398. The minimum Gasteiger partial charge on any atom is -0.383 e. The second kappa shape index (κ2) is 7.12. The molecule has 1 atom stereocenters. The average Bonchev–Trinajstić information content (AvgIpc) is 2.28. The van der Waals surface area contributed by atoms with E-state index in [0.29, 0.717) is 25.3 Å². The molecule has 2 nitrogen and oxygen atoms in total. The molecule has 1 aromatic carbocycles. The molecule has 0 N–H and O–H groups in total. The standard InChI is InChI=1S/C13H17ClF3NO/c1-18(8-12(14)9-19-2)7-10-4-3-5-11(6-10)13(15,16)17/h3-6,12H,7-9H2,1-2H3. The highest BCUT2D eigenvalue weighted by atomic mass is 35.5. The van der Waals surface area contributed by atoms with Crippen molar-refractivity contribution in [1.82, 2.24) is 4.90 Å². The highest BCUT2D eigenvalue weighted by Gasteiger charge is 2.30. The van der Waals surface area contributed by atoms with Crippen LogP contribution in [-0.2, 0) is 17.5 Å². The van der Waals surface area contributed by atoms with E-state index >= 15 is 0 Å². The van der Waals surface area contributed by atoms with E-state index in [-0.39, 0.29) is 5.38 Å². The van der Waals surface area contributed by atoms with E-state index in [1.807, 2.05) is 11.9 Å². The first kappa shape index (κ1) is 16.3. The number of benzene rings is 1. The van der Waals surface area contributed by atoms with Crippen molar-refractivity contribution in [3.05, 3.63) is 35.4 Å². The highest BCUT2D eigenvalue weighted by molar-refractivity contribution is 6.20. The average molecular weight is 296 g/mol. The van der Waals surface area contributed by atoms with Gasteiger partial charge in [-0.1, -0.05) is 18.2 Å². The van der Waals surface area contributed by atoms with Crippen LogP contribution in [0.15, 0.2) is 24.3 Å². The lowest BCUT2D eigenvalue weighted by Gasteiger charge is -2.20. The van der Waals surface area contributed by atoms with Gasteiger partial charge >= 0.3 is 6.18 Å². The summed E-state index contributed by atoms with van der Waals surface area (Å²) in [5.74, 6) is 0. The maximum atomic E-state index is 12.6. The van der Waals surface area contributed by atoms with E-state index in [1.165, 1.54) is 6.07 Å². The van der Waals surface area contributed by atoms with Crippen LogP contribution in [0.1, 0.15) is 11.1 Å². The quantitative estimate of drug-likeness (QED) is 0.746. The first-order valence-electron chi connectivity index (χ1n) is 5.80. The molecule has 0 heterocycles. The lowest BCUT2D eigenvalue weighted by atomic mass is 10.1. The molecular formula is C13H17ClF3NO. The van der Waals surface area contributed by atoms with Crippen molar-refractivity contribution in [2.75, 3.05) is 27.3 Å². The van der Waals surface area contributed by atoms with Crippen LogP contribution in [0.5, 0.6) is 0 Å². The fourth-order valence-corrected chi connectivity index (χ4v) is 2.16. The van der Waals surface area contributed by atoms with E-state index in [0.717, 1.165) is 12.1 Å². The van der Waals surface area contributed by atoms with Crippen molar-refractivity contribution in [3.63, 3.8) is 0 Å². The second-order valence-corrected chi connectivity index (χ2v) is 5.06. The van der Waals surface area contributed by atoms with Crippen LogP contribution < -0.4 is 0 Å². The molecule has 19 heavy (non-hydrogen) atoms. The van der Waals surface area contributed by atoms with Gasteiger partial charge in [-0.3, -0.25) is 0 Å². The van der Waals surface area contributed by atoms with Gasteiger partial charge in [-0.25, -0.2) is 0 Å². The van der Waals surface area contributed by atoms with Gasteiger partial charge in [0, 0.05) is 20.2 Å². The van der Waals surface area contributed by atoms with Crippen LogP contribution in [0.3, 0.4) is 0 Å². The van der Waals surface area contributed by atoms with E-state index in [2.05, 4.69) is 0 Å². The first-order chi connectivity index (χ1) is 8.82. The molecule has 0 saturated heterocycles. The maximum Gasteiger partial charge on any atom is 0.416 e. The lowest BCUT2D eigenvalue weighted by Crippen LogP contribution is -2.28. The van der Waals surface area contributed by atoms with Gasteiger partial charge in [0.15, 0.2) is 0 Å². The third-order valence-electron chi connectivity index (χ3n) is 2.56. The van der Waals surface area contributed by atoms with Gasteiger partial charge in [0.25, 0.3) is 0 Å². The monoisotopic (exact) mass is 295 g/mol. The zero-order valence-electron chi connectivity index (χ0n) is 10.9. The van der Waals surface area contributed by atoms with Gasteiger partial charge in [0.05, 0.1) is 17.5 Å². The number of nitrogens with zero attached hydrogens (tertiary/aromatic N) is 1. The number of rotatable bonds is 6. The molecule has 6 heteroatoms. The second-order valence-electron chi connectivity index (χ2n) is 4.45. The lowest BCUT2D eigenvalue weighted by molar-refractivity contribution is -0.137. The molecule has 1 rings (SSSR count). The Labute approximate surface area is 116 Å². The molecule has 0 aliphatic rings.